The zero-order valence-corrected chi connectivity index (χ0v) is 7.77. The number of nitrogens with two attached hydrogens (primary N) is 1. The number of aromatic nitrogens is 3. The van der Waals surface area contributed by atoms with Crippen LogP contribution in [0.1, 0.15) is 12.8 Å². The van der Waals surface area contributed by atoms with Crippen molar-refractivity contribution in [2.45, 2.75) is 18.9 Å². The van der Waals surface area contributed by atoms with Crippen LogP contribution in [0.3, 0.4) is 0 Å². The zero-order chi connectivity index (χ0) is 9.26. The van der Waals surface area contributed by atoms with E-state index in [1.165, 1.54) is 12.8 Å². The maximum Gasteiger partial charge on any atom is 0.144 e. The number of nitrogens with one attached hydrogen (secondary N) is 1. The molecule has 5 heteroatoms. The summed E-state index contributed by atoms with van der Waals surface area (Å²) in [6.45, 7) is 0.811. The molecule has 0 spiro atoms. The second-order valence-electron chi connectivity index (χ2n) is 3.63. The Hall–Kier alpha value is -1.10. The van der Waals surface area contributed by atoms with Crippen molar-refractivity contribution >= 4 is 5.82 Å². The minimum atomic E-state index is 0.273. The fourth-order valence-corrected chi connectivity index (χ4v) is 1.36. The van der Waals surface area contributed by atoms with Gasteiger partial charge in [-0.25, -0.2) is 4.68 Å². The first kappa shape index (κ1) is 8.50. The van der Waals surface area contributed by atoms with Crippen LogP contribution in [0.2, 0.25) is 0 Å². The van der Waals surface area contributed by atoms with Gasteiger partial charge in [0.2, 0.25) is 0 Å². The number of aryl methyl sites for hydroxylation is 1. The number of anilines is 1. The lowest BCUT2D eigenvalue weighted by Crippen LogP contribution is -2.31. The predicted molar refractivity (Wildman–Crippen MR) is 50.2 cm³/mol. The molecule has 3 N–H and O–H groups in total. The maximum atomic E-state index is 5.93. The number of rotatable bonds is 4. The molecule has 1 unspecified atom stereocenters. The Morgan fingerprint density at radius 3 is 3.08 bits per heavy atom. The van der Waals surface area contributed by atoms with E-state index in [1.807, 2.05) is 7.05 Å². The van der Waals surface area contributed by atoms with E-state index in [1.54, 1.807) is 10.9 Å². The van der Waals surface area contributed by atoms with Crippen molar-refractivity contribution in [2.24, 2.45) is 18.7 Å². The summed E-state index contributed by atoms with van der Waals surface area (Å²) < 4.78 is 1.71. The van der Waals surface area contributed by atoms with Gasteiger partial charge in [0, 0.05) is 19.6 Å². The largest absolute Gasteiger partial charge is 0.367 e. The molecule has 13 heavy (non-hydrogen) atoms. The second kappa shape index (κ2) is 3.33. The van der Waals surface area contributed by atoms with Crippen molar-refractivity contribution in [3.8, 4) is 0 Å². The third-order valence-corrected chi connectivity index (χ3v) is 2.46. The van der Waals surface area contributed by atoms with Gasteiger partial charge in [-0.2, -0.15) is 0 Å². The molecular weight excluding hydrogens is 166 g/mol. The molecule has 1 fully saturated rings. The third kappa shape index (κ3) is 1.98. The zero-order valence-electron chi connectivity index (χ0n) is 7.77. The molecule has 0 aliphatic heterocycles. The molecule has 1 aliphatic rings. The summed E-state index contributed by atoms with van der Waals surface area (Å²) in [5.41, 5.74) is 5.93. The Morgan fingerprint density at radius 1 is 1.77 bits per heavy atom. The minimum Gasteiger partial charge on any atom is -0.367 e. The highest BCUT2D eigenvalue weighted by Gasteiger charge is 2.28. The summed E-state index contributed by atoms with van der Waals surface area (Å²) in [4.78, 5) is 0. The van der Waals surface area contributed by atoms with Gasteiger partial charge in [0.05, 0.1) is 6.20 Å². The predicted octanol–water partition coefficient (Wildman–Crippen LogP) is -0.0357. The minimum absolute atomic E-state index is 0.273. The molecule has 72 valence electrons. The van der Waals surface area contributed by atoms with Gasteiger partial charge in [0.25, 0.3) is 0 Å². The van der Waals surface area contributed by atoms with Crippen LogP contribution in [0.5, 0.6) is 0 Å². The first-order valence-corrected chi connectivity index (χ1v) is 4.61. The van der Waals surface area contributed by atoms with Gasteiger partial charge in [-0.05, 0) is 18.8 Å². The van der Waals surface area contributed by atoms with Gasteiger partial charge in [-0.1, -0.05) is 5.21 Å². The fourth-order valence-electron chi connectivity index (χ4n) is 1.36. The van der Waals surface area contributed by atoms with Gasteiger partial charge < -0.3 is 11.1 Å². The SMILES string of the molecule is Cn1nncc1NCC(N)C1CC1. The van der Waals surface area contributed by atoms with Crippen LogP contribution in [0.15, 0.2) is 6.20 Å². The normalized spacial score (nSPS) is 18.6. The van der Waals surface area contributed by atoms with Gasteiger partial charge in [-0.3, -0.25) is 0 Å². The van der Waals surface area contributed by atoms with E-state index in [0.29, 0.717) is 0 Å². The average Bonchev–Trinajstić information content (AvgIpc) is 2.88. The van der Waals surface area contributed by atoms with E-state index in [-0.39, 0.29) is 6.04 Å². The summed E-state index contributed by atoms with van der Waals surface area (Å²) in [6.07, 6.45) is 4.28. The summed E-state index contributed by atoms with van der Waals surface area (Å²) in [6, 6.07) is 0.273. The molecule has 1 aromatic heterocycles. The van der Waals surface area contributed by atoms with Crippen molar-refractivity contribution < 1.29 is 0 Å². The topological polar surface area (TPSA) is 68.8 Å². The van der Waals surface area contributed by atoms with E-state index in [9.17, 15) is 0 Å². The Balaban J connectivity index is 1.81. The molecule has 1 aromatic rings. The highest BCUT2D eigenvalue weighted by atomic mass is 15.4. The molecule has 1 heterocycles. The molecule has 0 saturated heterocycles. The Labute approximate surface area is 77.3 Å². The summed E-state index contributed by atoms with van der Waals surface area (Å²) in [5.74, 6) is 1.66. The summed E-state index contributed by atoms with van der Waals surface area (Å²) in [7, 11) is 1.86. The Kier molecular flexibility index (Phi) is 2.18. The van der Waals surface area contributed by atoms with Crippen LogP contribution in [0.4, 0.5) is 5.82 Å². The lowest BCUT2D eigenvalue weighted by molar-refractivity contribution is 0.615. The quantitative estimate of drug-likeness (QED) is 0.684. The lowest BCUT2D eigenvalue weighted by Gasteiger charge is -2.11. The smallest absolute Gasteiger partial charge is 0.144 e. The van der Waals surface area contributed by atoms with Crippen LogP contribution >= 0.6 is 0 Å². The van der Waals surface area contributed by atoms with Gasteiger partial charge in [-0.15, -0.1) is 5.10 Å². The molecule has 1 atom stereocenters. The molecular formula is C8H15N5. The first-order valence-electron chi connectivity index (χ1n) is 4.61. The Bertz CT molecular complexity index is 278. The van der Waals surface area contributed by atoms with Crippen LogP contribution < -0.4 is 11.1 Å². The van der Waals surface area contributed by atoms with E-state index >= 15 is 0 Å². The van der Waals surface area contributed by atoms with Crippen LogP contribution in [-0.2, 0) is 7.05 Å². The van der Waals surface area contributed by atoms with Gasteiger partial charge in [0.1, 0.15) is 5.82 Å². The van der Waals surface area contributed by atoms with Crippen LogP contribution in [0, 0.1) is 5.92 Å². The maximum absolute atomic E-state index is 5.93. The molecule has 1 aliphatic carbocycles. The van der Waals surface area contributed by atoms with Crippen molar-refractivity contribution in [1.29, 1.82) is 0 Å². The molecule has 0 amide bonds. The Morgan fingerprint density at radius 2 is 2.54 bits per heavy atom. The summed E-state index contributed by atoms with van der Waals surface area (Å²) >= 11 is 0. The van der Waals surface area contributed by atoms with Crippen molar-refractivity contribution in [3.63, 3.8) is 0 Å². The molecule has 0 radical (unpaired) electrons. The number of hydrogen-bond acceptors (Lipinski definition) is 4. The number of nitrogens with zero attached hydrogens (tertiary/aromatic N) is 3. The second-order valence-corrected chi connectivity index (χ2v) is 3.63. The van der Waals surface area contributed by atoms with E-state index in [0.717, 1.165) is 18.3 Å². The summed E-state index contributed by atoms with van der Waals surface area (Å²) in [5, 5.41) is 10.8. The molecule has 1 saturated carbocycles. The van der Waals surface area contributed by atoms with Gasteiger partial charge in [0.15, 0.2) is 0 Å². The average molecular weight is 181 g/mol. The number of hydrogen-bond donors (Lipinski definition) is 2. The first-order chi connectivity index (χ1) is 6.27. The highest BCUT2D eigenvalue weighted by molar-refractivity contribution is 5.30. The standard InChI is InChI=1S/C8H15N5/c1-13-8(5-11-12-13)10-4-7(9)6-2-3-6/h5-7,10H,2-4,9H2,1H3. The highest BCUT2D eigenvalue weighted by Crippen LogP contribution is 2.31. The van der Waals surface area contributed by atoms with E-state index < -0.39 is 0 Å². The molecule has 2 rings (SSSR count). The van der Waals surface area contributed by atoms with Crippen LogP contribution in [-0.4, -0.2) is 27.6 Å². The molecule has 5 nitrogen and oxygen atoms in total. The van der Waals surface area contributed by atoms with Crippen molar-refractivity contribution in [2.75, 3.05) is 11.9 Å². The third-order valence-electron chi connectivity index (χ3n) is 2.46. The van der Waals surface area contributed by atoms with Gasteiger partial charge >= 0.3 is 0 Å². The van der Waals surface area contributed by atoms with Crippen molar-refractivity contribution in [1.82, 2.24) is 15.0 Å². The van der Waals surface area contributed by atoms with Crippen molar-refractivity contribution in [3.05, 3.63) is 6.20 Å². The van der Waals surface area contributed by atoms with Crippen LogP contribution in [0.25, 0.3) is 0 Å². The van der Waals surface area contributed by atoms with E-state index in [4.69, 9.17) is 5.73 Å². The fraction of sp³-hybridized carbons (Fsp3) is 0.750. The van der Waals surface area contributed by atoms with E-state index in [2.05, 4.69) is 15.6 Å². The molecule has 0 bridgehead atoms. The molecule has 0 aromatic carbocycles. The monoisotopic (exact) mass is 181 g/mol. The lowest BCUT2D eigenvalue weighted by atomic mass is 10.2.